The Hall–Kier alpha value is -0.410. The predicted octanol–water partition coefficient (Wildman–Crippen LogP) is 2.73. The van der Waals surface area contributed by atoms with E-state index in [1.54, 1.807) is 11.3 Å². The van der Waals surface area contributed by atoms with Crippen LogP contribution in [0, 0.1) is 12.3 Å². The van der Waals surface area contributed by atoms with Gasteiger partial charge in [-0.2, -0.15) is 0 Å². The average molecular weight is 210 g/mol. The van der Waals surface area contributed by atoms with E-state index in [1.807, 2.05) is 0 Å². The van der Waals surface area contributed by atoms with Gasteiger partial charge in [-0.25, -0.2) is 4.98 Å². The van der Waals surface area contributed by atoms with Crippen molar-refractivity contribution in [2.24, 2.45) is 5.41 Å². The lowest BCUT2D eigenvalue weighted by Gasteiger charge is -2.12. The third-order valence-electron chi connectivity index (χ3n) is 3.18. The normalized spacial score (nSPS) is 18.4. The smallest absolute Gasteiger partial charge is 0.0897 e. The molecule has 1 aromatic heterocycles. The van der Waals surface area contributed by atoms with Gasteiger partial charge in [0.15, 0.2) is 0 Å². The van der Waals surface area contributed by atoms with Crippen LogP contribution < -0.4 is 5.32 Å². The third kappa shape index (κ3) is 2.34. The molecular weight excluding hydrogens is 192 g/mol. The predicted molar refractivity (Wildman–Crippen MR) is 60.5 cm³/mol. The lowest BCUT2D eigenvalue weighted by Crippen LogP contribution is -2.23. The largest absolute Gasteiger partial charge is 0.311 e. The molecule has 0 radical (unpaired) electrons. The molecule has 1 aliphatic rings. The van der Waals surface area contributed by atoms with Gasteiger partial charge in [-0.05, 0) is 31.6 Å². The van der Waals surface area contributed by atoms with Crippen LogP contribution in [-0.4, -0.2) is 11.5 Å². The van der Waals surface area contributed by atoms with Crippen LogP contribution in [-0.2, 0) is 6.54 Å². The van der Waals surface area contributed by atoms with Crippen LogP contribution in [0.25, 0.3) is 0 Å². The van der Waals surface area contributed by atoms with Crippen LogP contribution in [0.3, 0.4) is 0 Å². The fraction of sp³-hybridized carbons (Fsp3) is 0.727. The molecule has 0 unspecified atom stereocenters. The molecule has 1 aliphatic carbocycles. The number of hydrogen-bond acceptors (Lipinski definition) is 3. The van der Waals surface area contributed by atoms with Crippen LogP contribution in [0.5, 0.6) is 0 Å². The van der Waals surface area contributed by atoms with E-state index in [1.165, 1.54) is 36.5 Å². The van der Waals surface area contributed by atoms with Gasteiger partial charge >= 0.3 is 0 Å². The Morgan fingerprint density at radius 1 is 1.57 bits per heavy atom. The first-order valence-electron chi connectivity index (χ1n) is 5.36. The minimum atomic E-state index is 0.644. The molecule has 3 heteroatoms. The van der Waals surface area contributed by atoms with Gasteiger partial charge < -0.3 is 5.32 Å². The zero-order valence-corrected chi connectivity index (χ0v) is 9.78. The van der Waals surface area contributed by atoms with Crippen molar-refractivity contribution >= 4 is 11.3 Å². The Morgan fingerprint density at radius 3 is 2.86 bits per heavy atom. The molecule has 0 aliphatic heterocycles. The van der Waals surface area contributed by atoms with E-state index in [0.29, 0.717) is 5.41 Å². The summed E-state index contributed by atoms with van der Waals surface area (Å²) in [6.07, 6.45) is 4.13. The van der Waals surface area contributed by atoms with Gasteiger partial charge in [0, 0.05) is 18.5 Å². The van der Waals surface area contributed by atoms with Gasteiger partial charge in [-0.15, -0.1) is 11.3 Å². The van der Waals surface area contributed by atoms with Crippen molar-refractivity contribution < 1.29 is 0 Å². The molecular formula is C11H18N2S. The van der Waals surface area contributed by atoms with Crippen molar-refractivity contribution in [2.45, 2.75) is 39.7 Å². The lowest BCUT2D eigenvalue weighted by atomic mass is 10.0. The molecule has 1 aromatic rings. The molecule has 2 rings (SSSR count). The minimum Gasteiger partial charge on any atom is -0.311 e. The van der Waals surface area contributed by atoms with Crippen LogP contribution in [0.1, 0.15) is 36.9 Å². The summed E-state index contributed by atoms with van der Waals surface area (Å²) in [5.74, 6) is 0. The first-order valence-corrected chi connectivity index (χ1v) is 6.24. The summed E-state index contributed by atoms with van der Waals surface area (Å²) in [7, 11) is 0. The quantitative estimate of drug-likeness (QED) is 0.808. The molecule has 1 saturated carbocycles. The molecule has 0 aromatic carbocycles. The zero-order chi connectivity index (χ0) is 10.0. The highest BCUT2D eigenvalue weighted by Gasteiger charge is 2.39. The second-order valence-corrected chi connectivity index (χ2v) is 5.38. The summed E-state index contributed by atoms with van der Waals surface area (Å²) >= 11 is 1.73. The standard InChI is InChI=1S/C11H18N2S/c1-3-11(4-5-11)8-12-6-10-7-14-9(2)13-10/h7,12H,3-6,8H2,1-2H3. The van der Waals surface area contributed by atoms with E-state index in [2.05, 4.69) is 29.5 Å². The average Bonchev–Trinajstić information content (AvgIpc) is 2.84. The Morgan fingerprint density at radius 2 is 2.36 bits per heavy atom. The molecule has 1 N–H and O–H groups in total. The van der Waals surface area contributed by atoms with Gasteiger partial charge in [0.2, 0.25) is 0 Å². The first-order chi connectivity index (χ1) is 6.74. The Bertz CT molecular complexity index is 302. The lowest BCUT2D eigenvalue weighted by molar-refractivity contribution is 0.442. The van der Waals surface area contributed by atoms with E-state index >= 15 is 0 Å². The first kappa shape index (κ1) is 10.1. The highest BCUT2D eigenvalue weighted by Crippen LogP contribution is 2.47. The van der Waals surface area contributed by atoms with Crippen LogP contribution in [0.15, 0.2) is 5.38 Å². The molecule has 78 valence electrons. The van der Waals surface area contributed by atoms with Crippen molar-refractivity contribution in [2.75, 3.05) is 6.54 Å². The molecule has 0 spiro atoms. The summed E-state index contributed by atoms with van der Waals surface area (Å²) in [4.78, 5) is 4.43. The molecule has 0 amide bonds. The Balaban J connectivity index is 1.73. The minimum absolute atomic E-state index is 0.644. The van der Waals surface area contributed by atoms with Crippen molar-refractivity contribution in [3.8, 4) is 0 Å². The second kappa shape index (κ2) is 3.99. The summed E-state index contributed by atoms with van der Waals surface area (Å²) in [5, 5.41) is 6.82. The molecule has 1 heterocycles. The van der Waals surface area contributed by atoms with E-state index in [0.717, 1.165) is 6.54 Å². The summed E-state index contributed by atoms with van der Waals surface area (Å²) in [5.41, 5.74) is 1.84. The van der Waals surface area contributed by atoms with Crippen LogP contribution in [0.4, 0.5) is 0 Å². The maximum absolute atomic E-state index is 4.43. The van der Waals surface area contributed by atoms with Crippen molar-refractivity contribution in [3.05, 3.63) is 16.1 Å². The highest BCUT2D eigenvalue weighted by atomic mass is 32.1. The van der Waals surface area contributed by atoms with Gasteiger partial charge in [-0.3, -0.25) is 0 Å². The van der Waals surface area contributed by atoms with Crippen molar-refractivity contribution in [3.63, 3.8) is 0 Å². The van der Waals surface area contributed by atoms with Crippen LogP contribution >= 0.6 is 11.3 Å². The highest BCUT2D eigenvalue weighted by molar-refractivity contribution is 7.09. The van der Waals surface area contributed by atoms with E-state index in [9.17, 15) is 0 Å². The number of aryl methyl sites for hydroxylation is 1. The molecule has 1 fully saturated rings. The number of thiazole rings is 1. The molecule has 0 atom stereocenters. The second-order valence-electron chi connectivity index (χ2n) is 4.31. The summed E-state index contributed by atoms with van der Waals surface area (Å²) < 4.78 is 0. The molecule has 14 heavy (non-hydrogen) atoms. The van der Waals surface area contributed by atoms with Gasteiger partial charge in [0.25, 0.3) is 0 Å². The fourth-order valence-electron chi connectivity index (χ4n) is 1.78. The van der Waals surface area contributed by atoms with Gasteiger partial charge in [-0.1, -0.05) is 6.92 Å². The number of aromatic nitrogens is 1. The Labute approximate surface area is 89.8 Å². The van der Waals surface area contributed by atoms with E-state index in [-0.39, 0.29) is 0 Å². The summed E-state index contributed by atoms with van der Waals surface area (Å²) in [6.45, 7) is 6.45. The number of nitrogens with one attached hydrogen (secondary N) is 1. The molecule has 0 bridgehead atoms. The zero-order valence-electron chi connectivity index (χ0n) is 8.97. The van der Waals surface area contributed by atoms with Gasteiger partial charge in [0.1, 0.15) is 0 Å². The maximum atomic E-state index is 4.43. The number of rotatable bonds is 5. The van der Waals surface area contributed by atoms with E-state index < -0.39 is 0 Å². The maximum Gasteiger partial charge on any atom is 0.0897 e. The number of hydrogen-bond donors (Lipinski definition) is 1. The SMILES string of the molecule is CCC1(CNCc2csc(C)n2)CC1. The number of nitrogens with zero attached hydrogens (tertiary/aromatic N) is 1. The topological polar surface area (TPSA) is 24.9 Å². The van der Waals surface area contributed by atoms with E-state index in [4.69, 9.17) is 0 Å². The Kier molecular flexibility index (Phi) is 2.88. The molecule has 0 saturated heterocycles. The van der Waals surface area contributed by atoms with Crippen molar-refractivity contribution in [1.82, 2.24) is 10.3 Å². The molecule has 2 nitrogen and oxygen atoms in total. The monoisotopic (exact) mass is 210 g/mol. The fourth-order valence-corrected chi connectivity index (χ4v) is 2.39. The van der Waals surface area contributed by atoms with Crippen molar-refractivity contribution in [1.29, 1.82) is 0 Å². The van der Waals surface area contributed by atoms with Gasteiger partial charge in [0.05, 0.1) is 10.7 Å². The summed E-state index contributed by atoms with van der Waals surface area (Å²) in [6, 6.07) is 0. The third-order valence-corrected chi connectivity index (χ3v) is 4.00. The van der Waals surface area contributed by atoms with Crippen LogP contribution in [0.2, 0.25) is 0 Å².